The minimum Gasteiger partial charge on any atom is -0.396 e. The number of halogens is 3. The Bertz CT molecular complexity index is 747. The van der Waals surface area contributed by atoms with E-state index >= 15 is 0 Å². The van der Waals surface area contributed by atoms with Crippen LogP contribution in [0.25, 0.3) is 0 Å². The van der Waals surface area contributed by atoms with Crippen LogP contribution in [0.15, 0.2) is 35.4 Å². The van der Waals surface area contributed by atoms with Gasteiger partial charge >= 0.3 is 0 Å². The third-order valence-electron chi connectivity index (χ3n) is 2.80. The Hall–Kier alpha value is -1.82. The summed E-state index contributed by atoms with van der Waals surface area (Å²) in [5.41, 5.74) is 9.37. The van der Waals surface area contributed by atoms with Gasteiger partial charge in [-0.15, -0.1) is 0 Å². The molecule has 1 aromatic heterocycles. The zero-order valence-corrected chi connectivity index (χ0v) is 13.7. The van der Waals surface area contributed by atoms with Crippen molar-refractivity contribution < 1.29 is 4.79 Å². The Morgan fingerprint density at radius 1 is 1.18 bits per heavy atom. The van der Waals surface area contributed by atoms with Crippen molar-refractivity contribution in [3.8, 4) is 0 Å². The van der Waals surface area contributed by atoms with Crippen molar-refractivity contribution in [1.82, 2.24) is 10.4 Å². The number of hydrogen-bond acceptors (Lipinski definition) is 4. The van der Waals surface area contributed by atoms with Crippen molar-refractivity contribution in [2.24, 2.45) is 5.10 Å². The molecule has 0 bridgehead atoms. The van der Waals surface area contributed by atoms with Crippen LogP contribution in [0, 0.1) is 0 Å². The van der Waals surface area contributed by atoms with Crippen LogP contribution in [0.1, 0.15) is 23.0 Å². The number of carbonyl (C=O) groups excluding carboxylic acids is 1. The Morgan fingerprint density at radius 2 is 1.82 bits per heavy atom. The van der Waals surface area contributed by atoms with E-state index < -0.39 is 5.91 Å². The largest absolute Gasteiger partial charge is 0.396 e. The molecule has 0 radical (unpaired) electrons. The average Bonchev–Trinajstić information content (AvgIpc) is 2.54. The first kappa shape index (κ1) is 16.5. The standard InChI is InChI=1S/C14H11Cl3N4O/c1-7(8-5-3-2-4-6-8)20-21-14(22)12-9(15)11(18)10(16)13(17)19-12/h2-6H,1H3,(H2,18,19)(H,21,22)/b20-7+. The fourth-order valence-electron chi connectivity index (χ4n) is 1.61. The van der Waals surface area contributed by atoms with E-state index in [1.165, 1.54) is 0 Å². The van der Waals surface area contributed by atoms with Gasteiger partial charge in [0.15, 0.2) is 10.8 Å². The molecule has 1 heterocycles. The first-order chi connectivity index (χ1) is 10.4. The molecule has 8 heteroatoms. The molecule has 1 amide bonds. The molecule has 0 atom stereocenters. The SMILES string of the molecule is C/C(=N\NC(=O)c1nc(Cl)c(Cl)c(N)c1Cl)c1ccccc1. The fourth-order valence-corrected chi connectivity index (χ4v) is 2.21. The molecule has 5 nitrogen and oxygen atoms in total. The molecule has 0 aliphatic rings. The summed E-state index contributed by atoms with van der Waals surface area (Å²) in [6.45, 7) is 1.76. The van der Waals surface area contributed by atoms with Gasteiger partial charge in [-0.2, -0.15) is 5.10 Å². The zero-order valence-electron chi connectivity index (χ0n) is 11.4. The van der Waals surface area contributed by atoms with E-state index in [1.807, 2.05) is 30.3 Å². The molecule has 0 saturated carbocycles. The van der Waals surface area contributed by atoms with Crippen LogP contribution in [-0.2, 0) is 0 Å². The van der Waals surface area contributed by atoms with Crippen LogP contribution < -0.4 is 11.2 Å². The molecule has 0 unspecified atom stereocenters. The number of hydrogen-bond donors (Lipinski definition) is 2. The number of nitrogens with one attached hydrogen (secondary N) is 1. The third-order valence-corrected chi connectivity index (χ3v) is 3.94. The van der Waals surface area contributed by atoms with Crippen LogP contribution >= 0.6 is 34.8 Å². The van der Waals surface area contributed by atoms with E-state index in [1.54, 1.807) is 6.92 Å². The van der Waals surface area contributed by atoms with Gasteiger partial charge in [-0.3, -0.25) is 4.79 Å². The molecular formula is C14H11Cl3N4O. The molecule has 2 aromatic rings. The summed E-state index contributed by atoms with van der Waals surface area (Å²) in [7, 11) is 0. The fraction of sp³-hybridized carbons (Fsp3) is 0.0714. The maximum absolute atomic E-state index is 12.1. The second-order valence-corrected chi connectivity index (χ2v) is 5.41. The van der Waals surface area contributed by atoms with E-state index in [0.717, 1.165) is 5.56 Å². The number of pyridine rings is 1. The summed E-state index contributed by atoms with van der Waals surface area (Å²) < 4.78 is 0. The summed E-state index contributed by atoms with van der Waals surface area (Å²) in [6, 6.07) is 9.36. The van der Waals surface area contributed by atoms with Crippen molar-refractivity contribution in [1.29, 1.82) is 0 Å². The lowest BCUT2D eigenvalue weighted by atomic mass is 10.1. The van der Waals surface area contributed by atoms with E-state index in [2.05, 4.69) is 15.5 Å². The highest BCUT2D eigenvalue weighted by Crippen LogP contribution is 2.34. The van der Waals surface area contributed by atoms with Gasteiger partial charge in [-0.25, -0.2) is 10.4 Å². The predicted molar refractivity (Wildman–Crippen MR) is 89.8 cm³/mol. The summed E-state index contributed by atoms with van der Waals surface area (Å²) in [5, 5.41) is 3.83. The van der Waals surface area contributed by atoms with Crippen LogP contribution in [0.3, 0.4) is 0 Å². The number of carbonyl (C=O) groups is 1. The summed E-state index contributed by atoms with van der Waals surface area (Å²) >= 11 is 17.6. The Balaban J connectivity index is 2.24. The van der Waals surface area contributed by atoms with Crippen LogP contribution in [0.2, 0.25) is 15.2 Å². The van der Waals surface area contributed by atoms with Crippen molar-refractivity contribution in [3.63, 3.8) is 0 Å². The lowest BCUT2D eigenvalue weighted by Crippen LogP contribution is -2.21. The lowest BCUT2D eigenvalue weighted by molar-refractivity contribution is 0.0950. The van der Waals surface area contributed by atoms with Gasteiger partial charge in [0.1, 0.15) is 5.02 Å². The number of amides is 1. The summed E-state index contributed by atoms with van der Waals surface area (Å²) in [6.07, 6.45) is 0. The van der Waals surface area contributed by atoms with Crippen molar-refractivity contribution in [2.45, 2.75) is 6.92 Å². The molecule has 3 N–H and O–H groups in total. The predicted octanol–water partition coefficient (Wildman–Crippen LogP) is 3.78. The molecule has 0 saturated heterocycles. The van der Waals surface area contributed by atoms with E-state index in [0.29, 0.717) is 5.71 Å². The highest BCUT2D eigenvalue weighted by atomic mass is 35.5. The van der Waals surface area contributed by atoms with Crippen LogP contribution in [0.4, 0.5) is 5.69 Å². The number of hydrazone groups is 1. The Labute approximate surface area is 142 Å². The number of benzene rings is 1. The quantitative estimate of drug-likeness (QED) is 0.498. The molecule has 0 spiro atoms. The van der Waals surface area contributed by atoms with Gasteiger partial charge in [0.2, 0.25) is 0 Å². The van der Waals surface area contributed by atoms with Gasteiger partial charge in [0, 0.05) is 0 Å². The number of rotatable bonds is 3. The number of anilines is 1. The minimum absolute atomic E-state index is 0.00255. The highest BCUT2D eigenvalue weighted by Gasteiger charge is 2.19. The first-order valence-corrected chi connectivity index (χ1v) is 7.25. The molecule has 0 aliphatic carbocycles. The number of aromatic nitrogens is 1. The second-order valence-electron chi connectivity index (χ2n) is 4.30. The van der Waals surface area contributed by atoms with Gasteiger partial charge in [0.05, 0.1) is 16.4 Å². The molecule has 2 rings (SSSR count). The number of nitrogens with zero attached hydrogens (tertiary/aromatic N) is 2. The molecule has 0 aliphatic heterocycles. The van der Waals surface area contributed by atoms with Gasteiger partial charge in [-0.05, 0) is 12.5 Å². The topological polar surface area (TPSA) is 80.4 Å². The minimum atomic E-state index is -0.634. The summed E-state index contributed by atoms with van der Waals surface area (Å²) in [5.74, 6) is -0.634. The Kier molecular flexibility index (Phi) is 5.24. The summed E-state index contributed by atoms with van der Waals surface area (Å²) in [4.78, 5) is 15.9. The average molecular weight is 358 g/mol. The second kappa shape index (κ2) is 6.96. The molecule has 1 aromatic carbocycles. The zero-order chi connectivity index (χ0) is 16.3. The molecule has 22 heavy (non-hydrogen) atoms. The van der Waals surface area contributed by atoms with Crippen molar-refractivity contribution in [3.05, 3.63) is 56.8 Å². The van der Waals surface area contributed by atoms with Crippen LogP contribution in [-0.4, -0.2) is 16.6 Å². The lowest BCUT2D eigenvalue weighted by Gasteiger charge is -2.08. The van der Waals surface area contributed by atoms with E-state index in [9.17, 15) is 4.79 Å². The van der Waals surface area contributed by atoms with Crippen molar-refractivity contribution >= 4 is 52.1 Å². The monoisotopic (exact) mass is 356 g/mol. The van der Waals surface area contributed by atoms with E-state index in [4.69, 9.17) is 40.5 Å². The van der Waals surface area contributed by atoms with Crippen LogP contribution in [0.5, 0.6) is 0 Å². The maximum atomic E-state index is 12.1. The molecular weight excluding hydrogens is 347 g/mol. The van der Waals surface area contributed by atoms with Gasteiger partial charge in [-0.1, -0.05) is 65.1 Å². The number of nitrogens with two attached hydrogens (primary N) is 1. The highest BCUT2D eigenvalue weighted by molar-refractivity contribution is 6.46. The maximum Gasteiger partial charge on any atom is 0.291 e. The van der Waals surface area contributed by atoms with Crippen molar-refractivity contribution in [2.75, 3.05) is 5.73 Å². The Morgan fingerprint density at radius 3 is 2.45 bits per heavy atom. The molecule has 0 fully saturated rings. The first-order valence-electron chi connectivity index (χ1n) is 6.11. The van der Waals surface area contributed by atoms with Gasteiger partial charge in [0.25, 0.3) is 5.91 Å². The molecule has 114 valence electrons. The number of nitrogen functional groups attached to an aromatic ring is 1. The van der Waals surface area contributed by atoms with E-state index in [-0.39, 0.29) is 26.6 Å². The third kappa shape index (κ3) is 3.50. The van der Waals surface area contributed by atoms with Gasteiger partial charge < -0.3 is 5.73 Å². The normalized spacial score (nSPS) is 11.4. The smallest absolute Gasteiger partial charge is 0.291 e.